The first-order valence-corrected chi connectivity index (χ1v) is 7.56. The number of ketones is 1. The van der Waals surface area contributed by atoms with Crippen molar-refractivity contribution in [3.8, 4) is 0 Å². The molecule has 0 aliphatic heterocycles. The molecular weight excluding hydrogens is 373 g/mol. The Bertz CT molecular complexity index is 443. The SMILES string of the molecule is CCCCCCC(=O)/C=C/c1ccc([N+](C)(C)C)cc1.[I-]. The second-order valence-corrected chi connectivity index (χ2v) is 6.21. The molecule has 0 aliphatic rings. The van der Waals surface area contributed by atoms with E-state index in [1.807, 2.05) is 6.08 Å². The van der Waals surface area contributed by atoms with Crippen LogP contribution in [0, 0.1) is 0 Å². The van der Waals surface area contributed by atoms with Crippen molar-refractivity contribution in [2.75, 3.05) is 21.1 Å². The van der Waals surface area contributed by atoms with Crippen LogP contribution in [0.25, 0.3) is 6.08 Å². The van der Waals surface area contributed by atoms with E-state index in [1.54, 1.807) is 6.08 Å². The van der Waals surface area contributed by atoms with Gasteiger partial charge in [-0.05, 0) is 42.3 Å². The van der Waals surface area contributed by atoms with Gasteiger partial charge in [0.2, 0.25) is 0 Å². The molecule has 0 amide bonds. The molecule has 0 radical (unpaired) electrons. The molecule has 0 unspecified atom stereocenters. The summed E-state index contributed by atoms with van der Waals surface area (Å²) in [6.07, 6.45) is 8.92. The molecule has 1 aromatic carbocycles. The average molecular weight is 401 g/mol. The number of carbonyl (C=O) groups is 1. The summed E-state index contributed by atoms with van der Waals surface area (Å²) in [7, 11) is 6.43. The Morgan fingerprint density at radius 3 is 2.19 bits per heavy atom. The third-order valence-electron chi connectivity index (χ3n) is 3.41. The fourth-order valence-electron chi connectivity index (χ4n) is 2.03. The van der Waals surface area contributed by atoms with Gasteiger partial charge in [-0.3, -0.25) is 9.28 Å². The van der Waals surface area contributed by atoms with Crippen molar-refractivity contribution in [3.63, 3.8) is 0 Å². The second-order valence-electron chi connectivity index (χ2n) is 6.21. The van der Waals surface area contributed by atoms with Crippen LogP contribution in [0.4, 0.5) is 5.69 Å². The van der Waals surface area contributed by atoms with Crippen molar-refractivity contribution in [1.29, 1.82) is 0 Å². The number of hydrogen-bond donors (Lipinski definition) is 0. The highest BCUT2D eigenvalue weighted by Gasteiger charge is 2.10. The van der Waals surface area contributed by atoms with Crippen molar-refractivity contribution in [2.45, 2.75) is 39.0 Å². The van der Waals surface area contributed by atoms with Gasteiger partial charge in [0.05, 0.1) is 21.1 Å². The number of quaternary nitrogens is 1. The lowest BCUT2D eigenvalue weighted by Gasteiger charge is -2.23. The molecule has 0 spiro atoms. The average Bonchev–Trinajstić information content (AvgIpc) is 2.41. The first kappa shape index (κ1) is 20.3. The van der Waals surface area contributed by atoms with Gasteiger partial charge < -0.3 is 24.0 Å². The lowest BCUT2D eigenvalue weighted by Crippen LogP contribution is -3.00. The van der Waals surface area contributed by atoms with E-state index in [0.29, 0.717) is 6.42 Å². The minimum atomic E-state index is 0. The summed E-state index contributed by atoms with van der Waals surface area (Å²) in [5.74, 6) is 0.233. The zero-order valence-electron chi connectivity index (χ0n) is 13.7. The number of unbranched alkanes of at least 4 members (excludes halogenated alkanes) is 3. The summed E-state index contributed by atoms with van der Waals surface area (Å²) in [6.45, 7) is 2.18. The molecule has 1 aromatic rings. The summed E-state index contributed by atoms with van der Waals surface area (Å²) in [6, 6.07) is 8.37. The van der Waals surface area contributed by atoms with Gasteiger partial charge in [0, 0.05) is 6.42 Å². The fourth-order valence-corrected chi connectivity index (χ4v) is 2.03. The highest BCUT2D eigenvalue weighted by atomic mass is 127. The van der Waals surface area contributed by atoms with Crippen molar-refractivity contribution in [2.24, 2.45) is 0 Å². The number of allylic oxidation sites excluding steroid dienone is 1. The van der Waals surface area contributed by atoms with E-state index >= 15 is 0 Å². The van der Waals surface area contributed by atoms with Crippen LogP contribution in [0.3, 0.4) is 0 Å². The van der Waals surface area contributed by atoms with Crippen molar-refractivity contribution >= 4 is 17.5 Å². The molecule has 0 N–H and O–H groups in total. The van der Waals surface area contributed by atoms with Crippen LogP contribution in [0.5, 0.6) is 0 Å². The predicted molar refractivity (Wildman–Crippen MR) is 88.8 cm³/mol. The van der Waals surface area contributed by atoms with Crippen LogP contribution in [0.1, 0.15) is 44.6 Å². The topological polar surface area (TPSA) is 17.1 Å². The van der Waals surface area contributed by atoms with Crippen LogP contribution >= 0.6 is 0 Å². The normalized spacial score (nSPS) is 11.4. The van der Waals surface area contributed by atoms with Gasteiger partial charge >= 0.3 is 0 Å². The number of nitrogens with zero attached hydrogens (tertiary/aromatic N) is 1. The van der Waals surface area contributed by atoms with Crippen LogP contribution in [-0.4, -0.2) is 26.9 Å². The molecule has 0 fully saturated rings. The highest BCUT2D eigenvalue weighted by Crippen LogP contribution is 2.17. The van der Waals surface area contributed by atoms with E-state index < -0.39 is 0 Å². The lowest BCUT2D eigenvalue weighted by atomic mass is 10.1. The number of hydrogen-bond acceptors (Lipinski definition) is 1. The van der Waals surface area contributed by atoms with E-state index in [9.17, 15) is 4.79 Å². The zero-order chi connectivity index (χ0) is 15.0. The van der Waals surface area contributed by atoms with Gasteiger partial charge in [-0.15, -0.1) is 0 Å². The Labute approximate surface area is 146 Å². The molecular formula is C18H28INO. The third kappa shape index (κ3) is 8.37. The Morgan fingerprint density at radius 2 is 1.67 bits per heavy atom. The molecule has 0 saturated heterocycles. The van der Waals surface area contributed by atoms with Gasteiger partial charge in [0.15, 0.2) is 5.78 Å². The molecule has 2 nitrogen and oxygen atoms in total. The van der Waals surface area contributed by atoms with E-state index in [1.165, 1.54) is 18.5 Å². The Morgan fingerprint density at radius 1 is 1.05 bits per heavy atom. The first-order valence-electron chi connectivity index (χ1n) is 7.56. The zero-order valence-corrected chi connectivity index (χ0v) is 15.9. The Kier molecular flexibility index (Phi) is 9.79. The van der Waals surface area contributed by atoms with Crippen LogP contribution < -0.4 is 28.5 Å². The summed E-state index contributed by atoms with van der Waals surface area (Å²) in [4.78, 5) is 11.7. The molecule has 118 valence electrons. The maximum absolute atomic E-state index is 11.7. The largest absolute Gasteiger partial charge is 1.00 e. The predicted octanol–water partition coefficient (Wildman–Crippen LogP) is 1.44. The van der Waals surface area contributed by atoms with E-state index in [2.05, 4.69) is 52.3 Å². The maximum atomic E-state index is 11.7. The Hall–Kier alpha value is -0.680. The molecule has 0 aromatic heterocycles. The smallest absolute Gasteiger partial charge is 0.155 e. The van der Waals surface area contributed by atoms with Crippen LogP contribution in [-0.2, 0) is 4.79 Å². The second kappa shape index (κ2) is 10.1. The number of benzene rings is 1. The van der Waals surface area contributed by atoms with Crippen LogP contribution in [0.2, 0.25) is 0 Å². The standard InChI is InChI=1S/C18H28NO.HI/c1-5-6-7-8-9-18(20)15-12-16-10-13-17(14-11-16)19(2,3)4;/h10-15H,5-9H2,1-4H3;1H/q+1;/p-1/b15-12+;. The summed E-state index contributed by atoms with van der Waals surface area (Å²) < 4.78 is 0.806. The number of carbonyl (C=O) groups excluding carboxylic acids is 1. The summed E-state index contributed by atoms with van der Waals surface area (Å²) >= 11 is 0. The molecule has 3 heteroatoms. The molecule has 0 atom stereocenters. The van der Waals surface area contributed by atoms with Gasteiger partial charge in [-0.1, -0.05) is 32.3 Å². The lowest BCUT2D eigenvalue weighted by molar-refractivity contribution is -0.114. The first-order chi connectivity index (χ1) is 9.43. The van der Waals surface area contributed by atoms with E-state index in [-0.39, 0.29) is 29.8 Å². The van der Waals surface area contributed by atoms with Gasteiger partial charge in [-0.25, -0.2) is 0 Å². The van der Waals surface area contributed by atoms with Crippen molar-refractivity contribution in [3.05, 3.63) is 35.9 Å². The number of rotatable bonds is 8. The summed E-state index contributed by atoms with van der Waals surface area (Å²) in [5.41, 5.74) is 2.34. The minimum absolute atomic E-state index is 0. The van der Waals surface area contributed by atoms with Crippen molar-refractivity contribution < 1.29 is 28.8 Å². The molecule has 0 bridgehead atoms. The quantitative estimate of drug-likeness (QED) is 0.279. The summed E-state index contributed by atoms with van der Waals surface area (Å²) in [5, 5.41) is 0. The Balaban J connectivity index is 0.00000400. The molecule has 21 heavy (non-hydrogen) atoms. The molecule has 0 heterocycles. The fraction of sp³-hybridized carbons (Fsp3) is 0.500. The van der Waals surface area contributed by atoms with E-state index in [4.69, 9.17) is 0 Å². The molecule has 1 rings (SSSR count). The maximum Gasteiger partial charge on any atom is 0.155 e. The third-order valence-corrected chi connectivity index (χ3v) is 3.41. The van der Waals surface area contributed by atoms with Crippen molar-refractivity contribution in [1.82, 2.24) is 4.48 Å². The van der Waals surface area contributed by atoms with Gasteiger partial charge in [0.25, 0.3) is 0 Å². The number of halogens is 1. The van der Waals surface area contributed by atoms with E-state index in [0.717, 1.165) is 22.9 Å². The van der Waals surface area contributed by atoms with Gasteiger partial charge in [-0.2, -0.15) is 0 Å². The monoisotopic (exact) mass is 401 g/mol. The van der Waals surface area contributed by atoms with Gasteiger partial charge in [0.1, 0.15) is 5.69 Å². The molecule has 0 aliphatic carbocycles. The van der Waals surface area contributed by atoms with Crippen LogP contribution in [0.15, 0.2) is 30.3 Å². The minimum Gasteiger partial charge on any atom is -1.00 e. The highest BCUT2D eigenvalue weighted by molar-refractivity contribution is 5.93. The molecule has 0 saturated carbocycles.